The highest BCUT2D eigenvalue weighted by molar-refractivity contribution is 9.10. The van der Waals surface area contributed by atoms with Gasteiger partial charge in [0.2, 0.25) is 10.0 Å². The third-order valence-corrected chi connectivity index (χ3v) is 6.24. The van der Waals surface area contributed by atoms with Crippen LogP contribution in [0.15, 0.2) is 21.5 Å². The lowest BCUT2D eigenvalue weighted by Crippen LogP contribution is -2.29. The summed E-state index contributed by atoms with van der Waals surface area (Å²) in [6.07, 6.45) is 1.88. The number of hydrogen-bond acceptors (Lipinski definition) is 4. The van der Waals surface area contributed by atoms with E-state index in [4.69, 9.17) is 16.7 Å². The standard InChI is InChI=1S/C11H13BrClNO4S2/c1-14(3-4-19-2)20(17,18)7-5-8(11(15)16)10(13)9(12)6-7/h5-6H,3-4H2,1-2H3,(H,15,16). The van der Waals surface area contributed by atoms with E-state index in [-0.39, 0.29) is 20.0 Å². The first-order chi connectivity index (χ1) is 9.21. The lowest BCUT2D eigenvalue weighted by atomic mass is 10.2. The fourth-order valence-electron chi connectivity index (χ4n) is 1.39. The van der Waals surface area contributed by atoms with Gasteiger partial charge in [0, 0.05) is 23.8 Å². The molecule has 1 aromatic rings. The number of rotatable bonds is 6. The molecule has 0 amide bonds. The van der Waals surface area contributed by atoms with Crippen LogP contribution in [-0.2, 0) is 10.0 Å². The molecule has 0 saturated heterocycles. The Labute approximate surface area is 135 Å². The molecule has 1 rings (SSSR count). The Hall–Kier alpha value is -0.280. The molecule has 0 bridgehead atoms. The second-order valence-corrected chi connectivity index (χ2v) is 8.15. The molecule has 0 aliphatic heterocycles. The van der Waals surface area contributed by atoms with Gasteiger partial charge in [-0.1, -0.05) is 11.6 Å². The summed E-state index contributed by atoms with van der Waals surface area (Å²) in [5.74, 6) is -0.629. The Morgan fingerprint density at radius 1 is 1.50 bits per heavy atom. The van der Waals surface area contributed by atoms with Crippen molar-refractivity contribution in [3.05, 3.63) is 27.2 Å². The molecule has 1 N–H and O–H groups in total. The van der Waals surface area contributed by atoms with Crippen LogP contribution in [0.5, 0.6) is 0 Å². The van der Waals surface area contributed by atoms with Gasteiger partial charge in [0.15, 0.2) is 0 Å². The zero-order valence-corrected chi connectivity index (χ0v) is 14.7. The van der Waals surface area contributed by atoms with E-state index in [1.807, 2.05) is 6.26 Å². The predicted molar refractivity (Wildman–Crippen MR) is 84.3 cm³/mol. The van der Waals surface area contributed by atoms with Crippen molar-refractivity contribution in [2.75, 3.05) is 25.6 Å². The number of hydrogen-bond donors (Lipinski definition) is 1. The second-order valence-electron chi connectivity index (χ2n) is 3.89. The highest BCUT2D eigenvalue weighted by atomic mass is 79.9. The van der Waals surface area contributed by atoms with Crippen LogP contribution < -0.4 is 0 Å². The second kappa shape index (κ2) is 7.13. The Bertz CT molecular complexity index is 621. The molecular formula is C11H13BrClNO4S2. The molecule has 9 heteroatoms. The summed E-state index contributed by atoms with van der Waals surface area (Å²) < 4.78 is 26.1. The van der Waals surface area contributed by atoms with E-state index in [1.54, 1.807) is 0 Å². The molecule has 0 radical (unpaired) electrons. The Kier molecular flexibility index (Phi) is 6.33. The summed E-state index contributed by atoms with van der Waals surface area (Å²) >= 11 is 10.4. The number of carboxylic acid groups (broad SMARTS) is 1. The third-order valence-electron chi connectivity index (χ3n) is 2.55. The maximum absolute atomic E-state index is 12.3. The van der Waals surface area contributed by atoms with Gasteiger partial charge < -0.3 is 5.11 Å². The Morgan fingerprint density at radius 3 is 2.60 bits per heavy atom. The monoisotopic (exact) mass is 401 g/mol. The molecule has 20 heavy (non-hydrogen) atoms. The van der Waals surface area contributed by atoms with Crippen molar-refractivity contribution >= 4 is 55.3 Å². The lowest BCUT2D eigenvalue weighted by Gasteiger charge is -2.17. The molecule has 0 spiro atoms. The molecule has 0 aliphatic carbocycles. The minimum absolute atomic E-state index is 0.0248. The van der Waals surface area contributed by atoms with Crippen LogP contribution in [0.2, 0.25) is 5.02 Å². The zero-order valence-electron chi connectivity index (χ0n) is 10.8. The number of aromatic carboxylic acids is 1. The molecule has 0 aliphatic rings. The van der Waals surface area contributed by atoms with E-state index < -0.39 is 16.0 Å². The summed E-state index contributed by atoms with van der Waals surface area (Å²) in [4.78, 5) is 11.0. The van der Waals surface area contributed by atoms with Gasteiger partial charge in [-0.05, 0) is 34.3 Å². The highest BCUT2D eigenvalue weighted by Gasteiger charge is 2.24. The van der Waals surface area contributed by atoms with Crippen molar-refractivity contribution in [2.24, 2.45) is 0 Å². The number of carboxylic acids is 1. The number of benzene rings is 1. The van der Waals surface area contributed by atoms with Gasteiger partial charge in [0.05, 0.1) is 15.5 Å². The van der Waals surface area contributed by atoms with E-state index >= 15 is 0 Å². The summed E-state index contributed by atoms with van der Waals surface area (Å²) in [6, 6.07) is 2.38. The number of sulfonamides is 1. The normalized spacial score (nSPS) is 11.8. The van der Waals surface area contributed by atoms with Gasteiger partial charge in [-0.15, -0.1) is 0 Å². The van der Waals surface area contributed by atoms with Gasteiger partial charge in [0.25, 0.3) is 0 Å². The average Bonchev–Trinajstić information content (AvgIpc) is 2.38. The molecule has 1 aromatic carbocycles. The first kappa shape index (κ1) is 17.8. The first-order valence-corrected chi connectivity index (χ1v) is 9.40. The van der Waals surface area contributed by atoms with Gasteiger partial charge in [-0.3, -0.25) is 0 Å². The summed E-state index contributed by atoms with van der Waals surface area (Å²) in [5, 5.41) is 9.02. The summed E-state index contributed by atoms with van der Waals surface area (Å²) in [7, 11) is -2.29. The van der Waals surface area contributed by atoms with Gasteiger partial charge in [-0.25, -0.2) is 17.5 Å². The summed E-state index contributed by atoms with van der Waals surface area (Å²) in [6.45, 7) is 0.339. The predicted octanol–water partition coefficient (Wildman–Crippen LogP) is 2.78. The van der Waals surface area contributed by atoms with Crippen LogP contribution in [0.3, 0.4) is 0 Å². The van der Waals surface area contributed by atoms with E-state index in [0.717, 1.165) is 6.07 Å². The molecular weight excluding hydrogens is 390 g/mol. The quantitative estimate of drug-likeness (QED) is 0.792. The summed E-state index contributed by atoms with van der Waals surface area (Å²) in [5.41, 5.74) is -0.252. The van der Waals surface area contributed by atoms with Crippen molar-refractivity contribution in [1.82, 2.24) is 4.31 Å². The minimum Gasteiger partial charge on any atom is -0.478 e. The van der Waals surface area contributed by atoms with Crippen LogP contribution in [0, 0.1) is 0 Å². The number of carbonyl (C=O) groups is 1. The van der Waals surface area contributed by atoms with Crippen molar-refractivity contribution in [3.63, 3.8) is 0 Å². The molecule has 112 valence electrons. The minimum atomic E-state index is -3.74. The van der Waals surface area contributed by atoms with Crippen molar-refractivity contribution in [3.8, 4) is 0 Å². The smallest absolute Gasteiger partial charge is 0.337 e. The molecule has 0 heterocycles. The Morgan fingerprint density at radius 2 is 2.10 bits per heavy atom. The fraction of sp³-hybridized carbons (Fsp3) is 0.364. The van der Waals surface area contributed by atoms with Crippen LogP contribution in [0.1, 0.15) is 10.4 Å². The number of halogens is 2. The van der Waals surface area contributed by atoms with Crippen LogP contribution >= 0.6 is 39.3 Å². The molecule has 0 saturated carbocycles. The van der Waals surface area contributed by atoms with E-state index in [2.05, 4.69) is 15.9 Å². The maximum Gasteiger partial charge on any atom is 0.337 e. The first-order valence-electron chi connectivity index (χ1n) is 5.39. The van der Waals surface area contributed by atoms with E-state index in [9.17, 15) is 13.2 Å². The topological polar surface area (TPSA) is 74.7 Å². The van der Waals surface area contributed by atoms with Gasteiger partial charge >= 0.3 is 5.97 Å². The van der Waals surface area contributed by atoms with Crippen LogP contribution in [0.4, 0.5) is 0 Å². The van der Waals surface area contributed by atoms with Crippen molar-refractivity contribution < 1.29 is 18.3 Å². The molecule has 0 atom stereocenters. The van der Waals surface area contributed by atoms with Crippen LogP contribution in [0.25, 0.3) is 0 Å². The maximum atomic E-state index is 12.3. The van der Waals surface area contributed by atoms with E-state index in [1.165, 1.54) is 29.2 Å². The molecule has 0 aromatic heterocycles. The lowest BCUT2D eigenvalue weighted by molar-refractivity contribution is 0.0696. The largest absolute Gasteiger partial charge is 0.478 e. The van der Waals surface area contributed by atoms with Gasteiger partial charge in [0.1, 0.15) is 0 Å². The number of nitrogens with zero attached hydrogens (tertiary/aromatic N) is 1. The van der Waals surface area contributed by atoms with Gasteiger partial charge in [-0.2, -0.15) is 11.8 Å². The Balaban J connectivity index is 3.29. The third kappa shape index (κ3) is 3.88. The number of thioether (sulfide) groups is 1. The van der Waals surface area contributed by atoms with E-state index in [0.29, 0.717) is 12.3 Å². The molecule has 5 nitrogen and oxygen atoms in total. The zero-order chi connectivity index (χ0) is 15.5. The van der Waals surface area contributed by atoms with Crippen LogP contribution in [-0.4, -0.2) is 49.4 Å². The molecule has 0 fully saturated rings. The fourth-order valence-corrected chi connectivity index (χ4v) is 3.99. The molecule has 0 unspecified atom stereocenters. The van der Waals surface area contributed by atoms with Crippen molar-refractivity contribution in [2.45, 2.75) is 4.90 Å². The van der Waals surface area contributed by atoms with Crippen molar-refractivity contribution in [1.29, 1.82) is 0 Å². The SMILES string of the molecule is CSCCN(C)S(=O)(=O)c1cc(Br)c(Cl)c(C(=O)O)c1. The highest BCUT2D eigenvalue weighted by Crippen LogP contribution is 2.30. The average molecular weight is 403 g/mol.